The average Bonchev–Trinajstić information content (AvgIpc) is 2.41. The molecule has 6 nitrogen and oxygen atoms in total. The van der Waals surface area contributed by atoms with E-state index in [1.165, 1.54) is 6.07 Å². The number of para-hydroxylation sites is 2. The molecule has 2 aromatic rings. The lowest BCUT2D eigenvalue weighted by Gasteiger charge is -2.07. The molecule has 102 valence electrons. The van der Waals surface area contributed by atoms with Gasteiger partial charge < -0.3 is 15.8 Å². The zero-order chi connectivity index (χ0) is 14.5. The van der Waals surface area contributed by atoms with Gasteiger partial charge in [0.25, 0.3) is 0 Å². The van der Waals surface area contributed by atoms with Crippen molar-refractivity contribution in [1.82, 2.24) is 0 Å². The Morgan fingerprint density at radius 2 is 1.85 bits per heavy atom. The van der Waals surface area contributed by atoms with Gasteiger partial charge in [-0.05, 0) is 42.5 Å². The number of nitro benzene ring substituents is 1. The van der Waals surface area contributed by atoms with Crippen LogP contribution in [0.25, 0.3) is 0 Å². The van der Waals surface area contributed by atoms with E-state index in [-0.39, 0.29) is 16.5 Å². The van der Waals surface area contributed by atoms with Crippen LogP contribution in [0.15, 0.2) is 48.5 Å². The van der Waals surface area contributed by atoms with Crippen molar-refractivity contribution < 1.29 is 9.66 Å². The van der Waals surface area contributed by atoms with Crippen molar-refractivity contribution in [3.05, 3.63) is 58.6 Å². The molecule has 0 saturated heterocycles. The summed E-state index contributed by atoms with van der Waals surface area (Å²) in [4.78, 5) is 10.4. The van der Waals surface area contributed by atoms with E-state index in [1.54, 1.807) is 42.5 Å². The number of nitro groups is 1. The quantitative estimate of drug-likeness (QED) is 0.511. The van der Waals surface area contributed by atoms with E-state index in [1.807, 2.05) is 0 Å². The smallest absolute Gasteiger partial charge is 0.311 e. The van der Waals surface area contributed by atoms with E-state index in [0.29, 0.717) is 11.4 Å². The van der Waals surface area contributed by atoms with Crippen molar-refractivity contribution in [1.29, 1.82) is 0 Å². The molecule has 0 aliphatic heterocycles. The minimum atomic E-state index is -0.488. The summed E-state index contributed by atoms with van der Waals surface area (Å²) in [6.45, 7) is 0. The van der Waals surface area contributed by atoms with E-state index in [0.717, 1.165) is 0 Å². The van der Waals surface area contributed by atoms with Gasteiger partial charge in [-0.3, -0.25) is 10.1 Å². The molecule has 20 heavy (non-hydrogen) atoms. The van der Waals surface area contributed by atoms with E-state index >= 15 is 0 Å². The number of nitrogens with zero attached hydrogens (tertiary/aromatic N) is 1. The van der Waals surface area contributed by atoms with Crippen molar-refractivity contribution >= 4 is 28.7 Å². The van der Waals surface area contributed by atoms with E-state index < -0.39 is 4.92 Å². The zero-order valence-electron chi connectivity index (χ0n) is 10.3. The zero-order valence-corrected chi connectivity index (χ0v) is 11.1. The molecular formula is C13H11N3O3S. The molecular weight excluding hydrogens is 278 g/mol. The minimum Gasteiger partial charge on any atom is -0.450 e. The highest BCUT2D eigenvalue weighted by Crippen LogP contribution is 2.31. The number of hydrogen-bond acceptors (Lipinski definition) is 4. The van der Waals surface area contributed by atoms with Gasteiger partial charge in [-0.15, -0.1) is 0 Å². The van der Waals surface area contributed by atoms with Gasteiger partial charge in [-0.2, -0.15) is 0 Å². The second kappa shape index (κ2) is 5.98. The number of benzene rings is 2. The highest BCUT2D eigenvalue weighted by atomic mass is 32.1. The molecule has 2 aromatic carbocycles. The lowest BCUT2D eigenvalue weighted by atomic mass is 10.3. The Kier molecular flexibility index (Phi) is 4.11. The van der Waals surface area contributed by atoms with Gasteiger partial charge in [0, 0.05) is 11.8 Å². The van der Waals surface area contributed by atoms with Crippen LogP contribution < -0.4 is 15.8 Å². The third kappa shape index (κ3) is 3.42. The molecule has 0 fully saturated rings. The third-order valence-electron chi connectivity index (χ3n) is 2.41. The Labute approximate surface area is 120 Å². The van der Waals surface area contributed by atoms with Gasteiger partial charge in [-0.1, -0.05) is 12.1 Å². The fraction of sp³-hybridized carbons (Fsp3) is 0. The Balaban J connectivity index is 2.18. The first kappa shape index (κ1) is 13.8. The summed E-state index contributed by atoms with van der Waals surface area (Å²) in [5.74, 6) is 0.667. The fourth-order valence-electron chi connectivity index (χ4n) is 1.57. The second-order valence-electron chi connectivity index (χ2n) is 3.84. The number of ether oxygens (including phenoxy) is 1. The maximum atomic E-state index is 10.9. The van der Waals surface area contributed by atoms with E-state index in [2.05, 4.69) is 5.32 Å². The summed E-state index contributed by atoms with van der Waals surface area (Å²) in [6, 6.07) is 12.9. The average molecular weight is 289 g/mol. The topological polar surface area (TPSA) is 90.4 Å². The maximum Gasteiger partial charge on any atom is 0.311 e. The van der Waals surface area contributed by atoms with Gasteiger partial charge in [0.2, 0.25) is 5.75 Å². The first-order chi connectivity index (χ1) is 9.56. The van der Waals surface area contributed by atoms with Gasteiger partial charge >= 0.3 is 5.69 Å². The summed E-state index contributed by atoms with van der Waals surface area (Å²) in [7, 11) is 0. The van der Waals surface area contributed by atoms with Gasteiger partial charge in [0.15, 0.2) is 5.11 Å². The van der Waals surface area contributed by atoms with Crippen LogP contribution >= 0.6 is 12.2 Å². The highest BCUT2D eigenvalue weighted by molar-refractivity contribution is 7.80. The molecule has 0 spiro atoms. The van der Waals surface area contributed by atoms with Crippen molar-refractivity contribution in [2.45, 2.75) is 0 Å². The van der Waals surface area contributed by atoms with Crippen molar-refractivity contribution in [2.24, 2.45) is 5.73 Å². The number of thiocarbonyl (C=S) groups is 1. The molecule has 7 heteroatoms. The van der Waals surface area contributed by atoms with Crippen LogP contribution in [-0.2, 0) is 0 Å². The van der Waals surface area contributed by atoms with E-state index in [4.69, 9.17) is 22.7 Å². The van der Waals surface area contributed by atoms with Crippen molar-refractivity contribution in [3.8, 4) is 11.5 Å². The van der Waals surface area contributed by atoms with Crippen molar-refractivity contribution in [2.75, 3.05) is 5.32 Å². The van der Waals surface area contributed by atoms with Crippen LogP contribution in [0, 0.1) is 10.1 Å². The molecule has 0 atom stereocenters. The SMILES string of the molecule is NC(=S)Nc1ccc(Oc2ccccc2[N+](=O)[O-])cc1. The normalized spacial score (nSPS) is 9.80. The first-order valence-electron chi connectivity index (χ1n) is 5.64. The summed E-state index contributed by atoms with van der Waals surface area (Å²) in [5, 5.41) is 13.8. The lowest BCUT2D eigenvalue weighted by Crippen LogP contribution is -2.18. The summed E-state index contributed by atoms with van der Waals surface area (Å²) >= 11 is 4.72. The molecule has 0 heterocycles. The molecule has 2 rings (SSSR count). The molecule has 0 amide bonds. The lowest BCUT2D eigenvalue weighted by molar-refractivity contribution is -0.385. The third-order valence-corrected chi connectivity index (χ3v) is 2.51. The Bertz CT molecular complexity index is 644. The minimum absolute atomic E-state index is 0.0853. The van der Waals surface area contributed by atoms with Crippen molar-refractivity contribution in [3.63, 3.8) is 0 Å². The highest BCUT2D eigenvalue weighted by Gasteiger charge is 2.14. The molecule has 0 unspecified atom stereocenters. The molecule has 0 aliphatic rings. The number of hydrogen-bond donors (Lipinski definition) is 2. The summed E-state index contributed by atoms with van der Waals surface area (Å²) in [6.07, 6.45) is 0. The Morgan fingerprint density at radius 1 is 1.20 bits per heavy atom. The summed E-state index contributed by atoms with van der Waals surface area (Å²) in [5.41, 5.74) is 5.98. The molecule has 0 aliphatic carbocycles. The van der Waals surface area contributed by atoms with Gasteiger partial charge in [-0.25, -0.2) is 0 Å². The molecule has 0 radical (unpaired) electrons. The number of rotatable bonds is 4. The summed E-state index contributed by atoms with van der Waals surface area (Å²) < 4.78 is 5.50. The first-order valence-corrected chi connectivity index (χ1v) is 6.05. The number of nitrogens with one attached hydrogen (secondary N) is 1. The molecule has 0 aromatic heterocycles. The van der Waals surface area contributed by atoms with Gasteiger partial charge in [0.1, 0.15) is 5.75 Å². The Morgan fingerprint density at radius 3 is 2.45 bits per heavy atom. The van der Waals surface area contributed by atoms with Crippen LogP contribution in [0.2, 0.25) is 0 Å². The van der Waals surface area contributed by atoms with Gasteiger partial charge in [0.05, 0.1) is 4.92 Å². The van der Waals surface area contributed by atoms with E-state index in [9.17, 15) is 10.1 Å². The van der Waals surface area contributed by atoms with Crippen LogP contribution in [0.4, 0.5) is 11.4 Å². The maximum absolute atomic E-state index is 10.9. The second-order valence-corrected chi connectivity index (χ2v) is 4.28. The monoisotopic (exact) mass is 289 g/mol. The predicted octanol–water partition coefficient (Wildman–Crippen LogP) is 3.04. The number of nitrogens with two attached hydrogens (primary N) is 1. The molecule has 3 N–H and O–H groups in total. The van der Waals surface area contributed by atoms with Crippen LogP contribution in [0.1, 0.15) is 0 Å². The Hall–Kier alpha value is -2.67. The standard InChI is InChI=1S/C13H11N3O3S/c14-13(20)15-9-5-7-10(8-6-9)19-12-4-2-1-3-11(12)16(17)18/h1-8H,(H3,14,15,20). The largest absolute Gasteiger partial charge is 0.450 e. The fourth-order valence-corrected chi connectivity index (χ4v) is 1.69. The molecule has 0 saturated carbocycles. The molecule has 0 bridgehead atoms. The predicted molar refractivity (Wildman–Crippen MR) is 80.0 cm³/mol. The van der Waals surface area contributed by atoms with Crippen LogP contribution in [0.5, 0.6) is 11.5 Å². The van der Waals surface area contributed by atoms with Crippen LogP contribution in [0.3, 0.4) is 0 Å². The van der Waals surface area contributed by atoms with Crippen LogP contribution in [-0.4, -0.2) is 10.0 Å². The number of anilines is 1.